The highest BCUT2D eigenvalue weighted by atomic mass is 16.7. The summed E-state index contributed by atoms with van der Waals surface area (Å²) in [4.78, 5) is 2.29. The van der Waals surface area contributed by atoms with Crippen molar-refractivity contribution in [3.05, 3.63) is 47.5 Å². The fraction of sp³-hybridized carbons (Fsp3) is 0.520. The van der Waals surface area contributed by atoms with Gasteiger partial charge in [0, 0.05) is 6.54 Å². The van der Waals surface area contributed by atoms with Crippen LogP contribution in [0.25, 0.3) is 0 Å². The van der Waals surface area contributed by atoms with Crippen molar-refractivity contribution in [2.24, 2.45) is 11.8 Å². The molecule has 0 bridgehead atoms. The van der Waals surface area contributed by atoms with Gasteiger partial charge in [-0.2, -0.15) is 0 Å². The molecule has 1 unspecified atom stereocenters. The van der Waals surface area contributed by atoms with Gasteiger partial charge in [0.1, 0.15) is 0 Å². The maximum absolute atomic E-state index is 5.55. The molecule has 2 aromatic carbocycles. The number of fused-ring (bicyclic) bond motifs is 2. The molecule has 30 heavy (non-hydrogen) atoms. The minimum Gasteiger partial charge on any atom is -0.454 e. The van der Waals surface area contributed by atoms with Gasteiger partial charge in [0.25, 0.3) is 0 Å². The van der Waals surface area contributed by atoms with Gasteiger partial charge in [-0.3, -0.25) is 0 Å². The minimum atomic E-state index is 0.332. The van der Waals surface area contributed by atoms with Gasteiger partial charge in [-0.1, -0.05) is 19.1 Å². The monoisotopic (exact) mass is 411 g/mol. The number of rotatable bonds is 10. The molecule has 2 aliphatic heterocycles. The molecule has 1 atom stereocenters. The van der Waals surface area contributed by atoms with Crippen LogP contribution in [-0.4, -0.2) is 39.1 Å². The molecule has 0 spiro atoms. The second-order valence-corrected chi connectivity index (χ2v) is 8.92. The third-order valence-corrected chi connectivity index (χ3v) is 5.97. The van der Waals surface area contributed by atoms with E-state index in [1.54, 1.807) is 0 Å². The summed E-state index contributed by atoms with van der Waals surface area (Å²) in [6, 6.07) is 12.7. The molecular weight excluding hydrogens is 378 g/mol. The molecule has 2 aromatic rings. The van der Waals surface area contributed by atoms with Crippen LogP contribution in [0.4, 0.5) is 0 Å². The first kappa shape index (κ1) is 20.9. The smallest absolute Gasteiger partial charge is 0.231 e. The van der Waals surface area contributed by atoms with Gasteiger partial charge < -0.3 is 23.8 Å². The van der Waals surface area contributed by atoms with Crippen LogP contribution in [0.15, 0.2) is 36.4 Å². The van der Waals surface area contributed by atoms with E-state index in [1.165, 1.54) is 30.4 Å². The molecule has 2 aliphatic rings. The van der Waals surface area contributed by atoms with Crippen LogP contribution in [0.5, 0.6) is 23.0 Å². The number of ether oxygens (including phenoxy) is 4. The van der Waals surface area contributed by atoms with Gasteiger partial charge in [0.05, 0.1) is 0 Å². The number of nitrogens with zero attached hydrogens (tertiary/aromatic N) is 1. The molecule has 0 saturated heterocycles. The number of hydrogen-bond acceptors (Lipinski definition) is 5. The van der Waals surface area contributed by atoms with Crippen LogP contribution >= 0.6 is 0 Å². The van der Waals surface area contributed by atoms with Gasteiger partial charge in [0.15, 0.2) is 23.0 Å². The second kappa shape index (κ2) is 9.61. The Morgan fingerprint density at radius 2 is 1.27 bits per heavy atom. The summed E-state index contributed by atoms with van der Waals surface area (Å²) < 4.78 is 22.0. The van der Waals surface area contributed by atoms with Crippen LogP contribution in [0.1, 0.15) is 37.3 Å². The van der Waals surface area contributed by atoms with Crippen molar-refractivity contribution in [1.29, 1.82) is 0 Å². The minimum absolute atomic E-state index is 0.332. The molecule has 0 aliphatic carbocycles. The maximum atomic E-state index is 5.55. The van der Waals surface area contributed by atoms with Crippen molar-refractivity contribution in [2.75, 3.05) is 34.2 Å². The molecule has 5 heteroatoms. The zero-order valence-electron chi connectivity index (χ0n) is 18.4. The molecule has 0 radical (unpaired) electrons. The van der Waals surface area contributed by atoms with Crippen molar-refractivity contribution in [3.63, 3.8) is 0 Å². The third-order valence-electron chi connectivity index (χ3n) is 5.97. The quantitative estimate of drug-likeness (QED) is 0.555. The molecular formula is C25H33NO4. The topological polar surface area (TPSA) is 40.2 Å². The molecule has 162 valence electrons. The number of hydrogen-bond donors (Lipinski definition) is 0. The average molecular weight is 412 g/mol. The van der Waals surface area contributed by atoms with E-state index in [9.17, 15) is 0 Å². The van der Waals surface area contributed by atoms with E-state index in [1.807, 2.05) is 12.1 Å². The van der Waals surface area contributed by atoms with Crippen molar-refractivity contribution in [3.8, 4) is 23.0 Å². The summed E-state index contributed by atoms with van der Waals surface area (Å²) >= 11 is 0. The van der Waals surface area contributed by atoms with E-state index in [4.69, 9.17) is 18.9 Å². The first-order valence-electron chi connectivity index (χ1n) is 11.0. The zero-order chi connectivity index (χ0) is 20.9. The lowest BCUT2D eigenvalue weighted by Crippen LogP contribution is -2.22. The second-order valence-electron chi connectivity index (χ2n) is 8.92. The third kappa shape index (κ3) is 5.39. The van der Waals surface area contributed by atoms with E-state index in [2.05, 4.69) is 50.2 Å². The van der Waals surface area contributed by atoms with Crippen LogP contribution in [0.2, 0.25) is 0 Å². The van der Waals surface area contributed by atoms with Crippen LogP contribution in [-0.2, 0) is 12.8 Å². The summed E-state index contributed by atoms with van der Waals surface area (Å²) in [7, 11) is 4.31. The Hall–Kier alpha value is -2.40. The standard InChI is InChI=1S/C25H33NO4/c1-18(15-26(2)3)12-19(4-6-20-8-10-22-24(13-20)29-16-27-22)5-7-21-9-11-23-25(14-21)30-17-28-23/h8-11,13-14,18-19H,4-7,12,15-17H2,1-3H3. The van der Waals surface area contributed by atoms with E-state index < -0.39 is 0 Å². The summed E-state index contributed by atoms with van der Waals surface area (Å²) in [6.45, 7) is 4.16. The first-order chi connectivity index (χ1) is 14.6. The van der Waals surface area contributed by atoms with Gasteiger partial charge in [-0.05, 0) is 93.4 Å². The lowest BCUT2D eigenvalue weighted by Gasteiger charge is -2.23. The Morgan fingerprint density at radius 3 is 1.77 bits per heavy atom. The molecule has 0 N–H and O–H groups in total. The SMILES string of the molecule is CC(CC(CCc1ccc2c(c1)OCO2)CCc1ccc2c(c1)OCO2)CN(C)C. The Kier molecular flexibility index (Phi) is 6.68. The summed E-state index contributed by atoms with van der Waals surface area (Å²) in [6.07, 6.45) is 5.74. The molecule has 0 aromatic heterocycles. The van der Waals surface area contributed by atoms with Gasteiger partial charge in [0.2, 0.25) is 13.6 Å². The van der Waals surface area contributed by atoms with E-state index in [0.29, 0.717) is 25.4 Å². The van der Waals surface area contributed by atoms with E-state index in [0.717, 1.165) is 42.4 Å². The highest BCUT2D eigenvalue weighted by molar-refractivity contribution is 5.45. The first-order valence-corrected chi connectivity index (χ1v) is 11.0. The summed E-state index contributed by atoms with van der Waals surface area (Å²) in [5.74, 6) is 4.83. The lowest BCUT2D eigenvalue weighted by atomic mass is 9.86. The summed E-state index contributed by atoms with van der Waals surface area (Å²) in [5.41, 5.74) is 2.65. The van der Waals surface area contributed by atoms with E-state index in [-0.39, 0.29) is 0 Å². The maximum Gasteiger partial charge on any atom is 0.231 e. The Balaban J connectivity index is 1.37. The fourth-order valence-electron chi connectivity index (χ4n) is 4.58. The molecule has 0 saturated carbocycles. The van der Waals surface area contributed by atoms with Crippen LogP contribution in [0, 0.1) is 11.8 Å². The average Bonchev–Trinajstić information content (AvgIpc) is 3.37. The Morgan fingerprint density at radius 1 is 0.767 bits per heavy atom. The predicted octanol–water partition coefficient (Wildman–Crippen LogP) is 4.91. The summed E-state index contributed by atoms with van der Waals surface area (Å²) in [5, 5.41) is 0. The number of benzene rings is 2. The lowest BCUT2D eigenvalue weighted by molar-refractivity contribution is 0.173. The predicted molar refractivity (Wildman–Crippen MR) is 118 cm³/mol. The fourth-order valence-corrected chi connectivity index (χ4v) is 4.58. The van der Waals surface area contributed by atoms with Gasteiger partial charge in [-0.15, -0.1) is 0 Å². The molecule has 4 rings (SSSR count). The van der Waals surface area contributed by atoms with Gasteiger partial charge >= 0.3 is 0 Å². The molecule has 0 amide bonds. The largest absolute Gasteiger partial charge is 0.454 e. The van der Waals surface area contributed by atoms with E-state index >= 15 is 0 Å². The molecule has 5 nitrogen and oxygen atoms in total. The van der Waals surface area contributed by atoms with Crippen LogP contribution < -0.4 is 18.9 Å². The molecule has 0 fully saturated rings. The normalized spacial score (nSPS) is 15.2. The number of aryl methyl sites for hydroxylation is 2. The highest BCUT2D eigenvalue weighted by Crippen LogP contribution is 2.35. The van der Waals surface area contributed by atoms with Crippen LogP contribution in [0.3, 0.4) is 0 Å². The van der Waals surface area contributed by atoms with Crippen molar-refractivity contribution in [2.45, 2.75) is 39.0 Å². The molecule has 2 heterocycles. The Bertz CT molecular complexity index is 790. The highest BCUT2D eigenvalue weighted by Gasteiger charge is 2.18. The Labute approximate surface area is 179 Å². The van der Waals surface area contributed by atoms with Crippen molar-refractivity contribution in [1.82, 2.24) is 4.90 Å². The van der Waals surface area contributed by atoms with Crippen molar-refractivity contribution < 1.29 is 18.9 Å². The van der Waals surface area contributed by atoms with Crippen molar-refractivity contribution >= 4 is 0 Å². The zero-order valence-corrected chi connectivity index (χ0v) is 18.4. The van der Waals surface area contributed by atoms with Gasteiger partial charge in [-0.25, -0.2) is 0 Å².